The molecule has 0 spiro atoms. The molecule has 18 heavy (non-hydrogen) atoms. The van der Waals surface area contributed by atoms with E-state index in [-0.39, 0.29) is 5.82 Å². The van der Waals surface area contributed by atoms with Crippen molar-refractivity contribution in [2.75, 3.05) is 11.9 Å². The molecule has 0 amide bonds. The van der Waals surface area contributed by atoms with Gasteiger partial charge in [0.05, 0.1) is 0 Å². The van der Waals surface area contributed by atoms with E-state index in [2.05, 4.69) is 16.4 Å². The molecule has 0 aromatic carbocycles. The van der Waals surface area contributed by atoms with Crippen molar-refractivity contribution in [1.29, 1.82) is 0 Å². The summed E-state index contributed by atoms with van der Waals surface area (Å²) < 4.78 is 1.72. The number of imidazole rings is 1. The van der Waals surface area contributed by atoms with Crippen LogP contribution in [0.25, 0.3) is 0 Å². The minimum absolute atomic E-state index is 0.0876. The highest BCUT2D eigenvalue weighted by atomic mass is 16.6. The molecular formula is C12H18N4O2. The van der Waals surface area contributed by atoms with Crippen LogP contribution < -0.4 is 5.32 Å². The molecule has 1 aliphatic rings. The first-order valence-electron chi connectivity index (χ1n) is 6.19. The summed E-state index contributed by atoms with van der Waals surface area (Å²) in [6.45, 7) is 2.48. The molecule has 98 valence electrons. The predicted molar refractivity (Wildman–Crippen MR) is 69.6 cm³/mol. The molecule has 0 radical (unpaired) electrons. The van der Waals surface area contributed by atoms with Crippen LogP contribution in [-0.2, 0) is 7.05 Å². The van der Waals surface area contributed by atoms with Gasteiger partial charge in [-0.2, -0.15) is 0 Å². The number of rotatable bonds is 5. The van der Waals surface area contributed by atoms with Crippen LogP contribution in [0.4, 0.5) is 11.6 Å². The van der Waals surface area contributed by atoms with Crippen molar-refractivity contribution in [3.8, 4) is 0 Å². The molecular weight excluding hydrogens is 232 g/mol. The van der Waals surface area contributed by atoms with E-state index < -0.39 is 4.92 Å². The van der Waals surface area contributed by atoms with Crippen LogP contribution in [0.3, 0.4) is 0 Å². The first-order chi connectivity index (χ1) is 8.59. The van der Waals surface area contributed by atoms with Gasteiger partial charge >= 0.3 is 5.82 Å². The average Bonchev–Trinajstić information content (AvgIpc) is 2.92. The fourth-order valence-corrected chi connectivity index (χ4v) is 2.22. The largest absolute Gasteiger partial charge is 0.406 e. The molecule has 2 rings (SSSR count). The minimum atomic E-state index is -0.440. The molecule has 0 saturated heterocycles. The molecule has 0 fully saturated rings. The van der Waals surface area contributed by atoms with Gasteiger partial charge in [0, 0.05) is 20.5 Å². The monoisotopic (exact) mass is 250 g/mol. The van der Waals surface area contributed by atoms with Crippen LogP contribution in [0.5, 0.6) is 0 Å². The van der Waals surface area contributed by atoms with Crippen LogP contribution in [0.1, 0.15) is 31.5 Å². The number of nitro groups is 1. The van der Waals surface area contributed by atoms with Crippen LogP contribution in [0.15, 0.2) is 11.6 Å². The molecule has 0 saturated carbocycles. The Morgan fingerprint density at radius 2 is 2.39 bits per heavy atom. The zero-order valence-electron chi connectivity index (χ0n) is 10.8. The molecule has 1 aromatic rings. The molecule has 1 N–H and O–H groups in total. The molecule has 1 heterocycles. The lowest BCUT2D eigenvalue weighted by Gasteiger charge is -2.07. The van der Waals surface area contributed by atoms with Gasteiger partial charge in [0.2, 0.25) is 11.6 Å². The van der Waals surface area contributed by atoms with Crippen molar-refractivity contribution < 1.29 is 4.92 Å². The van der Waals surface area contributed by atoms with Gasteiger partial charge in [0.15, 0.2) is 0 Å². The Hall–Kier alpha value is -1.85. The summed E-state index contributed by atoms with van der Waals surface area (Å²) in [7, 11) is 1.78. The second-order valence-corrected chi connectivity index (χ2v) is 4.58. The van der Waals surface area contributed by atoms with Gasteiger partial charge in [-0.05, 0) is 35.6 Å². The number of nitrogens with zero attached hydrogens (tertiary/aromatic N) is 3. The zero-order valence-corrected chi connectivity index (χ0v) is 10.8. The van der Waals surface area contributed by atoms with Crippen LogP contribution in [0.2, 0.25) is 0 Å². The summed E-state index contributed by atoms with van der Waals surface area (Å²) in [4.78, 5) is 14.4. The Kier molecular flexibility index (Phi) is 3.64. The van der Waals surface area contributed by atoms with Crippen molar-refractivity contribution in [3.63, 3.8) is 0 Å². The molecule has 0 aliphatic heterocycles. The fraction of sp³-hybridized carbons (Fsp3) is 0.583. The number of aromatic nitrogens is 2. The number of hydrogen-bond donors (Lipinski definition) is 1. The maximum Gasteiger partial charge on any atom is 0.406 e. The molecule has 0 bridgehead atoms. The quantitative estimate of drug-likeness (QED) is 0.495. The van der Waals surface area contributed by atoms with Gasteiger partial charge in [-0.3, -0.25) is 4.57 Å². The lowest BCUT2D eigenvalue weighted by Crippen LogP contribution is -2.08. The highest BCUT2D eigenvalue weighted by Gasteiger charge is 2.23. The molecule has 1 aliphatic carbocycles. The van der Waals surface area contributed by atoms with Gasteiger partial charge < -0.3 is 15.4 Å². The Labute approximate surface area is 106 Å². The van der Waals surface area contributed by atoms with E-state index in [1.807, 2.05) is 0 Å². The summed E-state index contributed by atoms with van der Waals surface area (Å²) >= 11 is 0. The predicted octanol–water partition coefficient (Wildman–Crippen LogP) is 2.55. The maximum absolute atomic E-state index is 10.9. The molecule has 1 aromatic heterocycles. The van der Waals surface area contributed by atoms with E-state index in [0.29, 0.717) is 18.2 Å². The zero-order chi connectivity index (χ0) is 13.1. The Balaban J connectivity index is 2.01. The average molecular weight is 250 g/mol. The normalized spacial score (nSPS) is 14.7. The van der Waals surface area contributed by atoms with Gasteiger partial charge in [-0.25, -0.2) is 0 Å². The van der Waals surface area contributed by atoms with Gasteiger partial charge in [0.25, 0.3) is 0 Å². The van der Waals surface area contributed by atoms with Crippen molar-refractivity contribution in [2.24, 2.45) is 7.05 Å². The third-order valence-electron chi connectivity index (χ3n) is 3.35. The van der Waals surface area contributed by atoms with Crippen LogP contribution >= 0.6 is 0 Å². The number of hydrogen-bond acceptors (Lipinski definition) is 4. The van der Waals surface area contributed by atoms with Crippen molar-refractivity contribution >= 4 is 11.6 Å². The Morgan fingerprint density at radius 1 is 1.61 bits per heavy atom. The van der Waals surface area contributed by atoms with E-state index in [0.717, 1.165) is 12.8 Å². The van der Waals surface area contributed by atoms with E-state index in [1.165, 1.54) is 18.4 Å². The van der Waals surface area contributed by atoms with Crippen LogP contribution in [0, 0.1) is 17.0 Å². The number of aryl methyl sites for hydroxylation is 1. The summed E-state index contributed by atoms with van der Waals surface area (Å²) in [5, 5.41) is 14.0. The summed E-state index contributed by atoms with van der Waals surface area (Å²) in [5.41, 5.74) is 1.45. The Bertz CT molecular complexity index is 491. The van der Waals surface area contributed by atoms with Gasteiger partial charge in [-0.15, -0.1) is 0 Å². The number of allylic oxidation sites excluding steroid dienone is 1. The lowest BCUT2D eigenvalue weighted by molar-refractivity contribution is -0.388. The van der Waals surface area contributed by atoms with Gasteiger partial charge in [0.1, 0.15) is 0 Å². The Morgan fingerprint density at radius 3 is 3.00 bits per heavy atom. The van der Waals surface area contributed by atoms with Gasteiger partial charge in [-0.1, -0.05) is 11.6 Å². The molecule has 6 nitrogen and oxygen atoms in total. The van der Waals surface area contributed by atoms with E-state index >= 15 is 0 Å². The highest BCUT2D eigenvalue weighted by Crippen LogP contribution is 2.25. The van der Waals surface area contributed by atoms with Crippen LogP contribution in [-0.4, -0.2) is 21.0 Å². The fourth-order valence-electron chi connectivity index (χ4n) is 2.22. The van der Waals surface area contributed by atoms with Crippen molar-refractivity contribution in [2.45, 2.75) is 32.6 Å². The van der Waals surface area contributed by atoms with E-state index in [4.69, 9.17) is 0 Å². The second kappa shape index (κ2) is 5.20. The topological polar surface area (TPSA) is 73.0 Å². The first kappa shape index (κ1) is 12.6. The SMILES string of the molecule is Cc1nc([N+](=O)[O-])c(NCCC2=CCCC2)n1C. The molecule has 0 atom stereocenters. The summed E-state index contributed by atoms with van der Waals surface area (Å²) in [5.74, 6) is 1.05. The minimum Gasteiger partial charge on any atom is -0.364 e. The molecule has 0 unspecified atom stereocenters. The second-order valence-electron chi connectivity index (χ2n) is 4.58. The highest BCUT2D eigenvalue weighted by molar-refractivity contribution is 5.53. The van der Waals surface area contributed by atoms with E-state index in [9.17, 15) is 10.1 Å². The van der Waals surface area contributed by atoms with Crippen molar-refractivity contribution in [3.05, 3.63) is 27.6 Å². The standard InChI is InChI=1S/C12H18N4O2/c1-9-14-12(16(17)18)11(15(9)2)13-8-7-10-5-3-4-6-10/h5,13H,3-4,6-8H2,1-2H3. The smallest absolute Gasteiger partial charge is 0.364 e. The van der Waals surface area contributed by atoms with Crippen molar-refractivity contribution in [1.82, 2.24) is 9.55 Å². The number of anilines is 1. The molecule has 6 heteroatoms. The third-order valence-corrected chi connectivity index (χ3v) is 3.35. The van der Waals surface area contributed by atoms with E-state index in [1.54, 1.807) is 18.5 Å². The lowest BCUT2D eigenvalue weighted by atomic mass is 10.2. The maximum atomic E-state index is 10.9. The first-order valence-corrected chi connectivity index (χ1v) is 6.19. The summed E-state index contributed by atoms with van der Waals surface area (Å²) in [6, 6.07) is 0. The summed E-state index contributed by atoms with van der Waals surface area (Å²) in [6.07, 6.45) is 6.78. The third kappa shape index (κ3) is 2.52. The number of nitrogens with one attached hydrogen (secondary N) is 1.